The first-order chi connectivity index (χ1) is 25.3. The first kappa shape index (κ1) is 39.3. The Morgan fingerprint density at radius 2 is 1.87 bits per heavy atom. The molecule has 3 heterocycles. The summed E-state index contributed by atoms with van der Waals surface area (Å²) in [6, 6.07) is 4.97. The van der Waals surface area contributed by atoms with Crippen molar-refractivity contribution in [3.05, 3.63) is 42.6 Å². The van der Waals surface area contributed by atoms with Gasteiger partial charge in [0.2, 0.25) is 27.7 Å². The second-order valence-corrected chi connectivity index (χ2v) is 18.4. The monoisotopic (exact) mass is 775 g/mol. The van der Waals surface area contributed by atoms with Crippen LogP contribution in [0.25, 0.3) is 10.8 Å². The van der Waals surface area contributed by atoms with Gasteiger partial charge in [-0.25, -0.2) is 18.2 Å². The number of carbonyl (C=O) groups is 4. The van der Waals surface area contributed by atoms with E-state index in [0.29, 0.717) is 36.3 Å². The first-order valence-corrected chi connectivity index (χ1v) is 19.9. The maximum atomic E-state index is 14.7. The zero-order chi connectivity index (χ0) is 39.2. The number of fused-ring (bicyclic) bond motifs is 3. The molecule has 2 aromatic rings. The smallest absolute Gasteiger partial charge is 0.408 e. The van der Waals surface area contributed by atoms with Crippen molar-refractivity contribution in [2.75, 3.05) is 20.3 Å². The molecule has 2 aliphatic carbocycles. The average molecular weight is 776 g/mol. The van der Waals surface area contributed by atoms with Crippen LogP contribution in [0, 0.1) is 11.8 Å². The fourth-order valence-electron chi connectivity index (χ4n) is 7.18. The lowest BCUT2D eigenvalue weighted by molar-refractivity contribution is -0.142. The maximum Gasteiger partial charge on any atom is 0.408 e. The molecule has 0 spiro atoms. The number of sulfonamides is 1. The molecule has 0 bridgehead atoms. The molecule has 1 saturated heterocycles. The fraction of sp³-hybridized carbons (Fsp3) is 0.605. The number of pyridine rings is 1. The van der Waals surface area contributed by atoms with Gasteiger partial charge in [0.1, 0.15) is 35.1 Å². The summed E-state index contributed by atoms with van der Waals surface area (Å²) < 4.78 is 50.8. The number of rotatable bonds is 7. The minimum Gasteiger partial charge on any atom is -0.497 e. The van der Waals surface area contributed by atoms with Gasteiger partial charge in [-0.3, -0.25) is 19.1 Å². The molecule has 4 amide bonds. The van der Waals surface area contributed by atoms with Crippen molar-refractivity contribution in [3.8, 4) is 11.6 Å². The van der Waals surface area contributed by atoms with E-state index in [1.165, 1.54) is 4.90 Å². The number of methoxy groups -OCH3 is 1. The number of amides is 4. The van der Waals surface area contributed by atoms with Crippen molar-refractivity contribution >= 4 is 44.6 Å². The van der Waals surface area contributed by atoms with Gasteiger partial charge in [0.05, 0.1) is 31.1 Å². The Balaban J connectivity index is 0.00000290. The summed E-state index contributed by atoms with van der Waals surface area (Å²) in [5, 5.41) is 7.11. The lowest BCUT2D eigenvalue weighted by Gasteiger charge is -2.33. The molecule has 3 N–H and O–H groups in total. The van der Waals surface area contributed by atoms with Gasteiger partial charge in [-0.15, -0.1) is 0 Å². The van der Waals surface area contributed by atoms with Crippen LogP contribution in [0.1, 0.15) is 77.9 Å². The maximum absolute atomic E-state index is 14.7. The van der Waals surface area contributed by atoms with E-state index < -0.39 is 79.7 Å². The normalized spacial score (nSPS) is 30.4. The molecule has 7 atom stereocenters. The van der Waals surface area contributed by atoms with E-state index >= 15 is 0 Å². The van der Waals surface area contributed by atoms with Crippen LogP contribution in [-0.4, -0.2) is 103 Å². The van der Waals surface area contributed by atoms with Crippen LogP contribution in [-0.2, 0) is 33.9 Å². The third-order valence-electron chi connectivity index (χ3n) is 10.7. The Bertz CT molecular complexity index is 1960. The third-order valence-corrected chi connectivity index (χ3v) is 12.9. The number of nitrogens with one attached hydrogen (secondary N) is 3. The Morgan fingerprint density at radius 1 is 1.13 bits per heavy atom. The van der Waals surface area contributed by atoms with E-state index in [4.69, 9.17) is 18.9 Å². The van der Waals surface area contributed by atoms with E-state index in [9.17, 15) is 27.6 Å². The predicted molar refractivity (Wildman–Crippen MR) is 204 cm³/mol. The zero-order valence-electron chi connectivity index (χ0n) is 31.8. The third kappa shape index (κ3) is 8.28. The van der Waals surface area contributed by atoms with Gasteiger partial charge in [-0.1, -0.05) is 19.1 Å². The number of aromatic nitrogens is 1. The molecule has 2 aliphatic heterocycles. The van der Waals surface area contributed by atoms with E-state index in [-0.39, 0.29) is 36.4 Å². The average Bonchev–Trinajstić information content (AvgIpc) is 3.97. The Kier molecular flexibility index (Phi) is 10.7. The van der Waals surface area contributed by atoms with Gasteiger partial charge >= 0.3 is 6.09 Å². The fourth-order valence-corrected chi connectivity index (χ4v) is 8.49. The molecule has 1 aromatic heterocycles. The highest BCUT2D eigenvalue weighted by atomic mass is 32.2. The van der Waals surface area contributed by atoms with E-state index in [2.05, 4.69) is 20.3 Å². The number of carbonyl (C=O) groups excluding carboxylic acids is 4. The van der Waals surface area contributed by atoms with Crippen molar-refractivity contribution < 1.29 is 50.8 Å². The van der Waals surface area contributed by atoms with E-state index in [1.807, 2.05) is 32.0 Å². The molecule has 16 heteroatoms. The predicted octanol–water partition coefficient (Wildman–Crippen LogP) is 4.10. The summed E-state index contributed by atoms with van der Waals surface area (Å²) >= 11 is 0. The molecule has 54 heavy (non-hydrogen) atoms. The van der Waals surface area contributed by atoms with Gasteiger partial charge < -0.3 is 34.5 Å². The van der Waals surface area contributed by atoms with Crippen LogP contribution in [0.3, 0.4) is 0 Å². The number of alkyl carbamates (subject to hydrolysis) is 1. The van der Waals surface area contributed by atoms with Gasteiger partial charge in [-0.05, 0) is 95.9 Å². The van der Waals surface area contributed by atoms with Crippen molar-refractivity contribution in [3.63, 3.8) is 0 Å². The minimum absolute atomic E-state index is 0. The zero-order valence-corrected chi connectivity index (χ0v) is 32.7. The number of nitrogens with zero attached hydrogens (tertiary/aromatic N) is 2. The lowest BCUT2D eigenvalue weighted by Crippen LogP contribution is -2.59. The topological polar surface area (TPSA) is 192 Å². The molecule has 4 aliphatic rings. The largest absolute Gasteiger partial charge is 0.497 e. The van der Waals surface area contributed by atoms with Crippen LogP contribution in [0.5, 0.6) is 11.6 Å². The molecule has 2 saturated carbocycles. The van der Waals surface area contributed by atoms with E-state index in [1.54, 1.807) is 59.2 Å². The molecular formula is C38H57N5O10S. The van der Waals surface area contributed by atoms with Crippen molar-refractivity contribution in [1.82, 2.24) is 25.2 Å². The van der Waals surface area contributed by atoms with Gasteiger partial charge in [0, 0.05) is 28.2 Å². The number of benzene rings is 1. The second kappa shape index (κ2) is 14.7. The second-order valence-electron chi connectivity index (χ2n) is 16.2. The van der Waals surface area contributed by atoms with Crippen molar-refractivity contribution in [2.24, 2.45) is 11.8 Å². The van der Waals surface area contributed by atoms with Crippen LogP contribution >= 0.6 is 0 Å². The van der Waals surface area contributed by atoms with E-state index in [0.717, 1.165) is 5.39 Å². The minimum atomic E-state index is -4.02. The summed E-state index contributed by atoms with van der Waals surface area (Å²) in [5.41, 5.74) is -2.42. The molecule has 0 radical (unpaired) electrons. The van der Waals surface area contributed by atoms with Gasteiger partial charge in [-0.2, -0.15) is 0 Å². The molecule has 6 rings (SSSR count). The van der Waals surface area contributed by atoms with Crippen LogP contribution in [0.2, 0.25) is 0 Å². The molecular weight excluding hydrogens is 719 g/mol. The number of ether oxygens (including phenoxy) is 4. The van der Waals surface area contributed by atoms with Crippen molar-refractivity contribution in [1.29, 1.82) is 0 Å². The first-order valence-electron chi connectivity index (χ1n) is 18.4. The standard InChI is InChI=1S/C38H51N5O10S.3H2/c1-22-17-23(2)51-16-8-9-25-20-38(25,34(46)42-54(48,49)37(6)13-14-37)41-31(44)29-19-27(21-43(29)33(45)30(22)40-35(47)53-36(3,4)5)52-32-28-11-10-26(50-7)18-24(28)12-15-39-32;;;/h8-12,15,18,22-23,25,27,29-30H,13-14,16-17,19-21H2,1-7H3,(H,40,47)(H,41,44)(H,42,46);3*1H/b9-8-;;;/t22-,23+,25-,27-,29+,30+,38-;;;/m1.../s1. The molecule has 300 valence electrons. The summed E-state index contributed by atoms with van der Waals surface area (Å²) in [6.45, 7) is 10.5. The van der Waals surface area contributed by atoms with Crippen LogP contribution in [0.15, 0.2) is 42.6 Å². The van der Waals surface area contributed by atoms with Gasteiger partial charge in [0.25, 0.3) is 5.91 Å². The Hall–Kier alpha value is -4.44. The van der Waals surface area contributed by atoms with Crippen LogP contribution in [0.4, 0.5) is 4.79 Å². The quantitative estimate of drug-likeness (QED) is 0.343. The summed E-state index contributed by atoms with van der Waals surface area (Å²) in [5.74, 6) is -2.10. The highest BCUT2D eigenvalue weighted by molar-refractivity contribution is 7.91. The Morgan fingerprint density at radius 3 is 2.56 bits per heavy atom. The lowest BCUT2D eigenvalue weighted by atomic mass is 9.94. The van der Waals surface area contributed by atoms with Crippen molar-refractivity contribution in [2.45, 2.75) is 114 Å². The summed E-state index contributed by atoms with van der Waals surface area (Å²) in [4.78, 5) is 62.0. The SMILES string of the molecule is COc1ccc2c(O[C@@H]3C[C@H]4C(=O)N[C@]5(C(=O)NS(=O)(=O)C6(C)CC6)C[C@H]5/C=C\CO[C@@H](C)C[C@@H](C)[C@H](NC(=O)OC(C)(C)C)C(=O)N4C3)nccc2c1.[HH].[HH].[HH]. The molecule has 15 nitrogen and oxygen atoms in total. The highest BCUT2D eigenvalue weighted by Crippen LogP contribution is 2.47. The molecule has 1 aromatic carbocycles. The summed E-state index contributed by atoms with van der Waals surface area (Å²) in [7, 11) is -2.45. The van der Waals surface area contributed by atoms with Crippen LogP contribution < -0.4 is 24.8 Å². The summed E-state index contributed by atoms with van der Waals surface area (Å²) in [6.07, 6.45) is 4.60. The highest BCUT2D eigenvalue weighted by Gasteiger charge is 2.63. The molecule has 0 unspecified atom stereocenters. The molecule has 3 fully saturated rings. The number of hydrogen-bond acceptors (Lipinski definition) is 11. The number of hydrogen-bond donors (Lipinski definition) is 3. The van der Waals surface area contributed by atoms with Gasteiger partial charge in [0.15, 0.2) is 0 Å². The Labute approximate surface area is 320 Å².